The molecule has 0 bridgehead atoms. The lowest BCUT2D eigenvalue weighted by Crippen LogP contribution is -2.10. The summed E-state index contributed by atoms with van der Waals surface area (Å²) in [5.41, 5.74) is 12.2. The van der Waals surface area contributed by atoms with Crippen LogP contribution in [0.1, 0.15) is 0 Å². The Balaban J connectivity index is 1.14. The number of hydrogen-bond donors (Lipinski definition) is 0. The fourth-order valence-corrected chi connectivity index (χ4v) is 11.1. The van der Waals surface area contributed by atoms with Gasteiger partial charge < -0.3 is 9.32 Å². The summed E-state index contributed by atoms with van der Waals surface area (Å²) in [5, 5.41) is 7.28. The first-order valence-corrected chi connectivity index (χ1v) is 21.2. The van der Waals surface area contributed by atoms with E-state index in [-0.39, 0.29) is 0 Å². The maximum Gasteiger partial charge on any atom is 0.145 e. The van der Waals surface area contributed by atoms with Gasteiger partial charge in [-0.15, -0.1) is 22.7 Å². The Labute approximate surface area is 343 Å². The van der Waals surface area contributed by atoms with Crippen molar-refractivity contribution in [3.63, 3.8) is 0 Å². The van der Waals surface area contributed by atoms with Gasteiger partial charge in [-0.2, -0.15) is 0 Å². The molecule has 4 heteroatoms. The Kier molecular flexibility index (Phi) is 7.62. The summed E-state index contributed by atoms with van der Waals surface area (Å²) in [4.78, 5) is 2.45. The molecule has 3 heterocycles. The van der Waals surface area contributed by atoms with Crippen LogP contribution < -0.4 is 4.90 Å². The van der Waals surface area contributed by atoms with E-state index in [0.29, 0.717) is 0 Å². The highest BCUT2D eigenvalue weighted by Gasteiger charge is 2.24. The molecule has 0 unspecified atom stereocenters. The van der Waals surface area contributed by atoms with Gasteiger partial charge in [0.15, 0.2) is 0 Å². The number of furan rings is 1. The molecule has 0 N–H and O–H groups in total. The molecule has 0 radical (unpaired) electrons. The number of rotatable bonds is 6. The largest absolute Gasteiger partial charge is 0.455 e. The molecule has 0 fully saturated rings. The van der Waals surface area contributed by atoms with Crippen LogP contribution in [0.2, 0.25) is 0 Å². The van der Waals surface area contributed by atoms with Gasteiger partial charge in [0.05, 0.1) is 11.1 Å². The van der Waals surface area contributed by atoms with Crippen LogP contribution in [0.25, 0.3) is 95.7 Å². The quantitative estimate of drug-likeness (QED) is 0.167. The highest BCUT2D eigenvalue weighted by molar-refractivity contribution is 7.26. The number of benzene rings is 9. The Morgan fingerprint density at radius 2 is 0.983 bits per heavy atom. The standard InChI is InChI=1S/C54H33NOS2/c1-4-14-34(15-5-1)37-30-44(36-18-8-3-9-19-36)54-46(31-37)42-26-24-39(33-51(42)58-54)55(38-25-29-50-45(32-38)41-20-11-13-23-49(41)57-50)47-28-27-40(35-16-6-2-7-17-35)53-52(47)43-21-10-12-22-48(43)56-53/h1-33H. The van der Waals surface area contributed by atoms with E-state index in [1.807, 2.05) is 22.7 Å². The maximum absolute atomic E-state index is 6.81. The minimum absolute atomic E-state index is 0.879. The topological polar surface area (TPSA) is 16.4 Å². The van der Waals surface area contributed by atoms with Crippen LogP contribution in [0.3, 0.4) is 0 Å². The highest BCUT2D eigenvalue weighted by atomic mass is 32.1. The molecule has 0 spiro atoms. The van der Waals surface area contributed by atoms with E-state index in [0.717, 1.165) is 50.1 Å². The van der Waals surface area contributed by atoms with Crippen molar-refractivity contribution in [3.8, 4) is 33.4 Å². The zero-order valence-electron chi connectivity index (χ0n) is 31.2. The Bertz CT molecular complexity index is 3510. The summed E-state index contributed by atoms with van der Waals surface area (Å²) in [7, 11) is 0. The number of anilines is 3. The van der Waals surface area contributed by atoms with E-state index in [1.54, 1.807) is 0 Å². The Hall–Kier alpha value is -6.98. The third-order valence-corrected chi connectivity index (χ3v) is 13.8. The first-order chi connectivity index (χ1) is 28.7. The van der Waals surface area contributed by atoms with Crippen LogP contribution in [0, 0.1) is 0 Å². The third kappa shape index (κ3) is 5.30. The van der Waals surface area contributed by atoms with Crippen molar-refractivity contribution < 1.29 is 4.42 Å². The van der Waals surface area contributed by atoms with Crippen LogP contribution in [0.4, 0.5) is 17.1 Å². The van der Waals surface area contributed by atoms with Gasteiger partial charge in [-0.05, 0) is 89.0 Å². The van der Waals surface area contributed by atoms with Gasteiger partial charge in [0.25, 0.3) is 0 Å². The average Bonchev–Trinajstić information content (AvgIpc) is 3.98. The van der Waals surface area contributed by atoms with Gasteiger partial charge in [0, 0.05) is 68.2 Å². The molecule has 12 aromatic rings. The zero-order valence-corrected chi connectivity index (χ0v) is 32.9. The highest BCUT2D eigenvalue weighted by Crippen LogP contribution is 2.49. The lowest BCUT2D eigenvalue weighted by Gasteiger charge is -2.27. The zero-order chi connectivity index (χ0) is 38.2. The van der Waals surface area contributed by atoms with Gasteiger partial charge >= 0.3 is 0 Å². The summed E-state index contributed by atoms with van der Waals surface area (Å²) in [6.07, 6.45) is 0. The number of hydrogen-bond acceptors (Lipinski definition) is 4. The molecule has 0 saturated heterocycles. The summed E-state index contributed by atoms with van der Waals surface area (Å²) in [6.45, 7) is 0. The van der Waals surface area contributed by atoms with Crippen LogP contribution in [0.15, 0.2) is 205 Å². The van der Waals surface area contributed by atoms with Crippen molar-refractivity contribution >= 4 is 102 Å². The molecule has 0 saturated carbocycles. The second-order valence-electron chi connectivity index (χ2n) is 14.8. The van der Waals surface area contributed by atoms with Crippen LogP contribution in [-0.4, -0.2) is 0 Å². The van der Waals surface area contributed by atoms with Crippen LogP contribution >= 0.6 is 22.7 Å². The van der Waals surface area contributed by atoms with Gasteiger partial charge in [-0.3, -0.25) is 0 Å². The van der Waals surface area contributed by atoms with E-state index in [2.05, 4.69) is 205 Å². The van der Waals surface area contributed by atoms with Crippen LogP contribution in [-0.2, 0) is 0 Å². The van der Waals surface area contributed by atoms with Crippen molar-refractivity contribution in [1.29, 1.82) is 0 Å². The fraction of sp³-hybridized carbons (Fsp3) is 0. The molecule has 0 amide bonds. The van der Waals surface area contributed by atoms with E-state index in [1.165, 1.54) is 62.6 Å². The molecule has 58 heavy (non-hydrogen) atoms. The van der Waals surface area contributed by atoms with Gasteiger partial charge in [0.1, 0.15) is 11.2 Å². The first-order valence-electron chi connectivity index (χ1n) is 19.6. The first kappa shape index (κ1) is 33.2. The summed E-state index contributed by atoms with van der Waals surface area (Å²) >= 11 is 3.73. The predicted molar refractivity (Wildman–Crippen MR) is 250 cm³/mol. The van der Waals surface area contributed by atoms with E-state index in [9.17, 15) is 0 Å². The fourth-order valence-electron chi connectivity index (χ4n) is 8.76. The smallest absolute Gasteiger partial charge is 0.145 e. The molecule has 12 rings (SSSR count). The van der Waals surface area contributed by atoms with E-state index < -0.39 is 0 Å². The maximum atomic E-state index is 6.81. The van der Waals surface area contributed by atoms with Crippen molar-refractivity contribution in [2.24, 2.45) is 0 Å². The molecule has 3 aromatic heterocycles. The minimum Gasteiger partial charge on any atom is -0.455 e. The average molecular weight is 776 g/mol. The third-order valence-electron chi connectivity index (χ3n) is 11.5. The molecule has 0 atom stereocenters. The molecule has 0 aliphatic heterocycles. The Morgan fingerprint density at radius 3 is 1.78 bits per heavy atom. The normalized spacial score (nSPS) is 11.8. The molecule has 9 aromatic carbocycles. The lowest BCUT2D eigenvalue weighted by atomic mass is 9.96. The molecular weight excluding hydrogens is 743 g/mol. The molecule has 0 aliphatic rings. The molecular formula is C54H33NOS2. The van der Waals surface area contributed by atoms with Gasteiger partial charge in [0.2, 0.25) is 0 Å². The Morgan fingerprint density at radius 1 is 0.362 bits per heavy atom. The molecule has 2 nitrogen and oxygen atoms in total. The van der Waals surface area contributed by atoms with Crippen molar-refractivity contribution in [3.05, 3.63) is 200 Å². The predicted octanol–water partition coefficient (Wildman–Crippen LogP) is 16.8. The summed E-state index contributed by atoms with van der Waals surface area (Å²) in [6, 6.07) is 72.6. The second kappa shape index (κ2) is 13.3. The van der Waals surface area contributed by atoms with E-state index in [4.69, 9.17) is 4.42 Å². The molecule has 272 valence electrons. The van der Waals surface area contributed by atoms with Crippen molar-refractivity contribution in [1.82, 2.24) is 0 Å². The minimum atomic E-state index is 0.879. The molecule has 0 aliphatic carbocycles. The second-order valence-corrected chi connectivity index (χ2v) is 17.0. The SMILES string of the molecule is c1ccc(-c2cc(-c3ccccc3)c3sc4cc(N(c5ccc6sc7ccccc7c6c5)c5ccc(-c6ccccc6)c6oc7ccccc7c56)ccc4c3c2)cc1. The van der Waals surface area contributed by atoms with Crippen LogP contribution in [0.5, 0.6) is 0 Å². The monoisotopic (exact) mass is 775 g/mol. The number of para-hydroxylation sites is 1. The van der Waals surface area contributed by atoms with Gasteiger partial charge in [-0.1, -0.05) is 133 Å². The number of thiophene rings is 2. The number of fused-ring (bicyclic) bond motifs is 9. The van der Waals surface area contributed by atoms with Crippen molar-refractivity contribution in [2.75, 3.05) is 4.90 Å². The summed E-state index contributed by atoms with van der Waals surface area (Å²) < 4.78 is 11.9. The van der Waals surface area contributed by atoms with E-state index >= 15 is 0 Å². The lowest BCUT2D eigenvalue weighted by molar-refractivity contribution is 0.670. The van der Waals surface area contributed by atoms with Crippen molar-refractivity contribution in [2.45, 2.75) is 0 Å². The number of nitrogens with zero attached hydrogens (tertiary/aromatic N) is 1. The van der Waals surface area contributed by atoms with Gasteiger partial charge in [-0.25, -0.2) is 0 Å². The summed E-state index contributed by atoms with van der Waals surface area (Å²) in [5.74, 6) is 0.